The van der Waals surface area contributed by atoms with Gasteiger partial charge in [-0.1, -0.05) is 433 Å². The van der Waals surface area contributed by atoms with Crippen LogP contribution in [-0.4, -0.2) is 96.7 Å². The fourth-order valence-electron chi connectivity index (χ4n) is 14.0. The fourth-order valence-corrected chi connectivity index (χ4v) is 15.6. The van der Waals surface area contributed by atoms with Gasteiger partial charge in [0, 0.05) is 25.7 Å². The lowest BCUT2D eigenvalue weighted by atomic mass is 10.0. The van der Waals surface area contributed by atoms with E-state index in [9.17, 15) is 43.2 Å². The minimum atomic E-state index is -4.97. The first-order valence-corrected chi connectivity index (χ1v) is 49.1. The maximum absolute atomic E-state index is 13.2. The predicted octanol–water partition coefficient (Wildman–Crippen LogP) is 27.5. The molecule has 642 valence electrons. The largest absolute Gasteiger partial charge is 0.472 e. The van der Waals surface area contributed by atoms with Crippen LogP contribution in [0.25, 0.3) is 0 Å². The average Bonchev–Trinajstić information content (AvgIpc) is 0.898. The first-order valence-electron chi connectivity index (χ1n) is 46.1. The van der Waals surface area contributed by atoms with Gasteiger partial charge in [0.1, 0.15) is 19.3 Å². The summed E-state index contributed by atoms with van der Waals surface area (Å²) in [5.74, 6) is -1.28. The van der Waals surface area contributed by atoms with Gasteiger partial charge in [0.2, 0.25) is 0 Å². The summed E-state index contributed by atoms with van der Waals surface area (Å²) in [5, 5.41) is 10.7. The average molecular weight is 1580 g/mol. The predicted molar refractivity (Wildman–Crippen MR) is 446 cm³/mol. The highest BCUT2D eigenvalue weighted by Crippen LogP contribution is 2.45. The molecule has 0 aromatic carbocycles. The summed E-state index contributed by atoms with van der Waals surface area (Å²) in [5.41, 5.74) is 0. The first-order chi connectivity index (χ1) is 52.5. The molecule has 0 spiro atoms. The lowest BCUT2D eigenvalue weighted by molar-refractivity contribution is -0.161. The molecule has 0 aliphatic carbocycles. The number of esters is 4. The molecule has 108 heavy (non-hydrogen) atoms. The first kappa shape index (κ1) is 106. The van der Waals surface area contributed by atoms with Gasteiger partial charge in [-0.2, -0.15) is 0 Å². The van der Waals surface area contributed by atoms with Gasteiger partial charge in [-0.15, -0.1) is 0 Å². The second-order valence-corrected chi connectivity index (χ2v) is 35.4. The van der Waals surface area contributed by atoms with Crippen molar-refractivity contribution in [1.29, 1.82) is 0 Å². The molecule has 0 rings (SSSR count). The number of aliphatic hydroxyl groups is 1. The van der Waals surface area contributed by atoms with Crippen molar-refractivity contribution in [3.8, 4) is 0 Å². The number of phosphoric acid groups is 2. The van der Waals surface area contributed by atoms with Crippen LogP contribution >= 0.6 is 15.6 Å². The van der Waals surface area contributed by atoms with E-state index in [0.717, 1.165) is 95.8 Å². The summed E-state index contributed by atoms with van der Waals surface area (Å²) < 4.78 is 69.0. The summed E-state index contributed by atoms with van der Waals surface area (Å²) in [6.07, 6.45) is 76.3. The van der Waals surface area contributed by atoms with Crippen molar-refractivity contribution >= 4 is 39.5 Å². The van der Waals surface area contributed by atoms with Crippen molar-refractivity contribution in [3.63, 3.8) is 0 Å². The Kier molecular flexibility index (Phi) is 80.2. The number of ether oxygens (including phenoxy) is 4. The highest BCUT2D eigenvalue weighted by molar-refractivity contribution is 7.47. The zero-order chi connectivity index (χ0) is 79.0. The molecular weight excluding hydrogens is 1400 g/mol. The number of phosphoric ester groups is 2. The van der Waals surface area contributed by atoms with Gasteiger partial charge in [-0.05, 0) is 31.6 Å². The maximum Gasteiger partial charge on any atom is 0.472 e. The topological polar surface area (TPSA) is 237 Å². The molecule has 0 aromatic rings. The van der Waals surface area contributed by atoms with Crippen molar-refractivity contribution in [1.82, 2.24) is 0 Å². The Labute approximate surface area is 664 Å². The molecule has 3 N–H and O–H groups in total. The van der Waals surface area contributed by atoms with E-state index in [-0.39, 0.29) is 25.7 Å². The van der Waals surface area contributed by atoms with Crippen molar-refractivity contribution in [2.75, 3.05) is 39.6 Å². The molecule has 0 aromatic heterocycles. The van der Waals surface area contributed by atoms with Crippen molar-refractivity contribution < 1.29 is 80.2 Å². The summed E-state index contributed by atoms with van der Waals surface area (Å²) in [6.45, 7) is 7.42. The van der Waals surface area contributed by atoms with Crippen LogP contribution in [0.2, 0.25) is 0 Å². The number of unbranched alkanes of at least 4 members (excludes halogenated alkanes) is 61. The van der Waals surface area contributed by atoms with E-state index in [1.807, 2.05) is 0 Å². The Bertz CT molecular complexity index is 2050. The normalized spacial score (nSPS) is 13.7. The van der Waals surface area contributed by atoms with Crippen molar-refractivity contribution in [3.05, 3.63) is 0 Å². The molecule has 0 heterocycles. The Hall–Kier alpha value is -1.94. The second-order valence-electron chi connectivity index (χ2n) is 32.5. The number of rotatable bonds is 89. The van der Waals surface area contributed by atoms with Gasteiger partial charge in [0.05, 0.1) is 26.4 Å². The Morgan fingerprint density at radius 3 is 0.630 bits per heavy atom. The van der Waals surface area contributed by atoms with E-state index in [0.29, 0.717) is 25.7 Å². The van der Waals surface area contributed by atoms with Crippen LogP contribution in [0.15, 0.2) is 0 Å². The zero-order valence-corrected chi connectivity index (χ0v) is 72.8. The number of carbonyl (C=O) groups excluding carboxylic acids is 4. The molecule has 0 fully saturated rings. The van der Waals surface area contributed by atoms with Crippen LogP contribution in [0, 0.1) is 5.92 Å². The molecule has 2 unspecified atom stereocenters. The fraction of sp³-hybridized carbons (Fsp3) is 0.955. The molecule has 0 saturated carbocycles. The van der Waals surface area contributed by atoms with E-state index < -0.39 is 97.5 Å². The lowest BCUT2D eigenvalue weighted by Gasteiger charge is -2.21. The van der Waals surface area contributed by atoms with E-state index in [4.69, 9.17) is 37.0 Å². The third kappa shape index (κ3) is 82.1. The molecule has 0 radical (unpaired) electrons. The number of hydrogen-bond acceptors (Lipinski definition) is 15. The van der Waals surface area contributed by atoms with Crippen LogP contribution in [0.3, 0.4) is 0 Å². The van der Waals surface area contributed by atoms with Gasteiger partial charge < -0.3 is 33.8 Å². The standard InChI is InChI=1S/C89H174O17P2/c1-6-9-12-15-18-21-24-27-29-30-31-32-33-34-40-45-50-55-60-65-70-75-89(94)106-85(79-100-87(92)73-68-63-58-53-48-43-39-36-35-38-42-46-51-56-61-66-71-82(4)5)81-104-108(97,98)102-77-83(90)76-101-107(95,96)103-80-84(78-99-86(91)72-67-62-57-52-47-41-26-23-20-17-14-11-8-3)105-88(93)74-69-64-59-54-49-44-37-28-25-22-19-16-13-10-7-2/h82-85,90H,6-81H2,1-5H3,(H,95,96)(H,97,98)/t83-,84+,85+/m0/s1. The van der Waals surface area contributed by atoms with E-state index in [2.05, 4.69) is 34.6 Å². The second kappa shape index (κ2) is 81.6. The van der Waals surface area contributed by atoms with Gasteiger partial charge in [0.15, 0.2) is 12.2 Å². The van der Waals surface area contributed by atoms with Crippen LogP contribution in [0.5, 0.6) is 0 Å². The summed E-state index contributed by atoms with van der Waals surface area (Å²) in [7, 11) is -9.93. The summed E-state index contributed by atoms with van der Waals surface area (Å²) >= 11 is 0. The van der Waals surface area contributed by atoms with Gasteiger partial charge in [-0.25, -0.2) is 9.13 Å². The Balaban J connectivity index is 5.25. The van der Waals surface area contributed by atoms with E-state index >= 15 is 0 Å². The Morgan fingerprint density at radius 1 is 0.250 bits per heavy atom. The Morgan fingerprint density at radius 2 is 0.426 bits per heavy atom. The molecule has 0 aliphatic heterocycles. The zero-order valence-electron chi connectivity index (χ0n) is 71.0. The van der Waals surface area contributed by atoms with Crippen LogP contribution in [-0.2, 0) is 65.4 Å². The maximum atomic E-state index is 13.2. The molecule has 17 nitrogen and oxygen atoms in total. The number of carbonyl (C=O) groups is 4. The minimum Gasteiger partial charge on any atom is -0.462 e. The molecule has 19 heteroatoms. The van der Waals surface area contributed by atoms with E-state index in [1.165, 1.54) is 308 Å². The molecule has 0 bridgehead atoms. The molecular formula is C89H174O17P2. The van der Waals surface area contributed by atoms with Gasteiger partial charge >= 0.3 is 39.5 Å². The lowest BCUT2D eigenvalue weighted by Crippen LogP contribution is -2.30. The number of hydrogen-bond donors (Lipinski definition) is 3. The molecule has 0 amide bonds. The summed E-state index contributed by atoms with van der Waals surface area (Å²) in [4.78, 5) is 73.4. The molecule has 5 atom stereocenters. The third-order valence-electron chi connectivity index (χ3n) is 21.0. The van der Waals surface area contributed by atoms with Crippen LogP contribution in [0.4, 0.5) is 0 Å². The monoisotopic (exact) mass is 1580 g/mol. The summed E-state index contributed by atoms with van der Waals surface area (Å²) in [6, 6.07) is 0. The van der Waals surface area contributed by atoms with Crippen molar-refractivity contribution in [2.45, 2.75) is 502 Å². The molecule has 0 saturated heterocycles. The third-order valence-corrected chi connectivity index (χ3v) is 22.9. The van der Waals surface area contributed by atoms with Gasteiger partial charge in [-0.3, -0.25) is 37.3 Å². The minimum absolute atomic E-state index is 0.109. The van der Waals surface area contributed by atoms with Gasteiger partial charge in [0.25, 0.3) is 0 Å². The van der Waals surface area contributed by atoms with Crippen molar-refractivity contribution in [2.24, 2.45) is 5.92 Å². The van der Waals surface area contributed by atoms with Crippen LogP contribution < -0.4 is 0 Å². The smallest absolute Gasteiger partial charge is 0.462 e. The quantitative estimate of drug-likeness (QED) is 0.0222. The highest BCUT2D eigenvalue weighted by atomic mass is 31.2. The SMILES string of the molecule is CCCCCCCCCCCCCCCCCCCCCCCC(=O)O[C@H](COC(=O)CCCCCCCCCCCCCCCCCCC(C)C)COP(=O)(O)OC[C@@H](O)COP(=O)(O)OC[C@@H](COC(=O)CCCCCCCCCCCCCCC)OC(=O)CCCCCCCCCCCCCCCCC. The van der Waals surface area contributed by atoms with E-state index in [1.54, 1.807) is 0 Å². The highest BCUT2D eigenvalue weighted by Gasteiger charge is 2.30. The molecule has 0 aliphatic rings. The van der Waals surface area contributed by atoms with Crippen LogP contribution in [0.1, 0.15) is 484 Å². The number of aliphatic hydroxyl groups excluding tert-OH is 1.